The molecule has 4 nitrogen and oxygen atoms in total. The quantitative estimate of drug-likeness (QED) is 0.789. The van der Waals surface area contributed by atoms with Crippen molar-refractivity contribution >= 4 is 40.6 Å². The summed E-state index contributed by atoms with van der Waals surface area (Å²) in [6.45, 7) is 2.02. The summed E-state index contributed by atoms with van der Waals surface area (Å²) >= 11 is 8.41. The van der Waals surface area contributed by atoms with E-state index >= 15 is 0 Å². The number of thioether (sulfide) groups is 1. The Hall–Kier alpha value is -1.85. The monoisotopic (exact) mass is 390 g/mol. The Balaban J connectivity index is 1.56. The number of methoxy groups -OCH3 is 1. The summed E-state index contributed by atoms with van der Waals surface area (Å²) in [5.41, 5.74) is 2.86. The smallest absolute Gasteiger partial charge is 0.224 e. The zero-order valence-electron chi connectivity index (χ0n) is 14.8. The first-order chi connectivity index (χ1) is 12.7. The molecule has 1 saturated heterocycles. The molecule has 138 valence electrons. The zero-order valence-corrected chi connectivity index (χ0v) is 16.4. The number of nitrogens with one attached hydrogen (secondary N) is 1. The number of hydrogen-bond donors (Lipinski definition) is 1. The molecule has 6 heteroatoms. The van der Waals surface area contributed by atoms with Gasteiger partial charge in [0.25, 0.3) is 0 Å². The number of rotatable bonds is 6. The number of anilines is 2. The highest BCUT2D eigenvalue weighted by molar-refractivity contribution is 7.99. The molecular formula is C20H23ClN2O2S. The maximum atomic E-state index is 12.2. The minimum atomic E-state index is -0.0222. The highest BCUT2D eigenvalue weighted by atomic mass is 35.5. The molecule has 0 unspecified atom stereocenters. The van der Waals surface area contributed by atoms with Crippen LogP contribution in [0, 0.1) is 0 Å². The van der Waals surface area contributed by atoms with Gasteiger partial charge in [0.05, 0.1) is 17.8 Å². The summed E-state index contributed by atoms with van der Waals surface area (Å²) in [6, 6.07) is 13.5. The number of halogens is 1. The van der Waals surface area contributed by atoms with Crippen LogP contribution in [0.15, 0.2) is 42.5 Å². The normalized spacial score (nSPS) is 14.2. The fourth-order valence-electron chi connectivity index (χ4n) is 2.95. The second-order valence-corrected chi connectivity index (χ2v) is 7.80. The molecule has 0 spiro atoms. The van der Waals surface area contributed by atoms with Crippen LogP contribution in [0.3, 0.4) is 0 Å². The van der Waals surface area contributed by atoms with Gasteiger partial charge in [-0.25, -0.2) is 0 Å². The molecule has 2 aromatic carbocycles. The molecule has 1 heterocycles. The van der Waals surface area contributed by atoms with Gasteiger partial charge in [-0.1, -0.05) is 23.7 Å². The Kier molecular flexibility index (Phi) is 6.69. The minimum absolute atomic E-state index is 0.0222. The maximum absolute atomic E-state index is 12.2. The van der Waals surface area contributed by atoms with Crippen LogP contribution >= 0.6 is 23.4 Å². The van der Waals surface area contributed by atoms with Gasteiger partial charge in [-0.15, -0.1) is 0 Å². The second-order valence-electron chi connectivity index (χ2n) is 6.17. The summed E-state index contributed by atoms with van der Waals surface area (Å²) in [6.07, 6.45) is 1.08. The van der Waals surface area contributed by atoms with Crippen molar-refractivity contribution in [1.29, 1.82) is 0 Å². The topological polar surface area (TPSA) is 41.6 Å². The molecule has 1 N–H and O–H groups in total. The Morgan fingerprint density at radius 2 is 2.04 bits per heavy atom. The van der Waals surface area contributed by atoms with Crippen molar-refractivity contribution in [2.24, 2.45) is 0 Å². The molecule has 3 rings (SSSR count). The van der Waals surface area contributed by atoms with Crippen molar-refractivity contribution < 1.29 is 9.53 Å². The summed E-state index contributed by atoms with van der Waals surface area (Å²) < 4.78 is 5.21. The lowest BCUT2D eigenvalue weighted by Crippen LogP contribution is -2.32. The highest BCUT2D eigenvalue weighted by Gasteiger charge is 2.14. The van der Waals surface area contributed by atoms with Crippen LogP contribution in [-0.4, -0.2) is 37.6 Å². The standard InChI is InChI=1S/C20H23ClN2O2S/c1-25-17-4-2-3-15(13-17)5-8-20(24)22-16-6-7-19(18(21)14-16)23-9-11-26-12-10-23/h2-4,6-7,13-14H,5,8-12H2,1H3,(H,22,24). The average Bonchev–Trinajstić information content (AvgIpc) is 2.67. The molecule has 1 fully saturated rings. The molecule has 0 saturated carbocycles. The van der Waals surface area contributed by atoms with Crippen LogP contribution in [0.4, 0.5) is 11.4 Å². The number of aryl methyl sites for hydroxylation is 1. The summed E-state index contributed by atoms with van der Waals surface area (Å²) in [4.78, 5) is 14.5. The third-order valence-electron chi connectivity index (χ3n) is 4.36. The SMILES string of the molecule is COc1cccc(CCC(=O)Nc2ccc(N3CCSCC3)c(Cl)c2)c1. The van der Waals surface area contributed by atoms with E-state index in [0.717, 1.165) is 47.3 Å². The summed E-state index contributed by atoms with van der Waals surface area (Å²) in [7, 11) is 1.64. The molecule has 2 aromatic rings. The Labute approximate surface area is 163 Å². The van der Waals surface area contributed by atoms with E-state index in [1.54, 1.807) is 7.11 Å². The van der Waals surface area contributed by atoms with Crippen molar-refractivity contribution in [1.82, 2.24) is 0 Å². The highest BCUT2D eigenvalue weighted by Crippen LogP contribution is 2.30. The number of ether oxygens (including phenoxy) is 1. The molecule has 0 aromatic heterocycles. The first-order valence-electron chi connectivity index (χ1n) is 8.71. The van der Waals surface area contributed by atoms with Gasteiger partial charge in [0, 0.05) is 36.7 Å². The fourth-order valence-corrected chi connectivity index (χ4v) is 4.16. The third-order valence-corrected chi connectivity index (χ3v) is 5.60. The van der Waals surface area contributed by atoms with Crippen molar-refractivity contribution in [3.63, 3.8) is 0 Å². The molecule has 26 heavy (non-hydrogen) atoms. The van der Waals surface area contributed by atoms with Crippen molar-refractivity contribution in [3.8, 4) is 5.75 Å². The molecule has 1 amide bonds. The molecule has 0 radical (unpaired) electrons. The second kappa shape index (κ2) is 9.19. The fraction of sp³-hybridized carbons (Fsp3) is 0.350. The van der Waals surface area contributed by atoms with Gasteiger partial charge in [0.1, 0.15) is 5.75 Å². The van der Waals surface area contributed by atoms with E-state index in [2.05, 4.69) is 10.2 Å². The van der Waals surface area contributed by atoms with E-state index < -0.39 is 0 Å². The molecule has 0 bridgehead atoms. The number of carbonyl (C=O) groups excluding carboxylic acids is 1. The van der Waals surface area contributed by atoms with E-state index in [0.29, 0.717) is 17.9 Å². The number of hydrogen-bond acceptors (Lipinski definition) is 4. The zero-order chi connectivity index (χ0) is 18.4. The number of carbonyl (C=O) groups is 1. The lowest BCUT2D eigenvalue weighted by Gasteiger charge is -2.29. The molecular weight excluding hydrogens is 368 g/mol. The Morgan fingerprint density at radius 1 is 1.23 bits per heavy atom. The van der Waals surface area contributed by atoms with E-state index in [-0.39, 0.29) is 5.91 Å². The summed E-state index contributed by atoms with van der Waals surface area (Å²) in [5, 5.41) is 3.62. The Morgan fingerprint density at radius 3 is 2.77 bits per heavy atom. The van der Waals surface area contributed by atoms with Gasteiger partial charge < -0.3 is 15.0 Å². The number of benzene rings is 2. The van der Waals surface area contributed by atoms with Crippen LogP contribution < -0.4 is 15.0 Å². The maximum Gasteiger partial charge on any atom is 0.224 e. The van der Waals surface area contributed by atoms with Crippen molar-refractivity contribution in [2.45, 2.75) is 12.8 Å². The lowest BCUT2D eigenvalue weighted by atomic mass is 10.1. The first-order valence-corrected chi connectivity index (χ1v) is 10.2. The van der Waals surface area contributed by atoms with Crippen molar-refractivity contribution in [3.05, 3.63) is 53.1 Å². The van der Waals surface area contributed by atoms with Crippen LogP contribution in [0.25, 0.3) is 0 Å². The van der Waals surface area contributed by atoms with Crippen LogP contribution in [0.5, 0.6) is 5.75 Å². The molecule has 1 aliphatic heterocycles. The largest absolute Gasteiger partial charge is 0.497 e. The molecule has 1 aliphatic rings. The van der Waals surface area contributed by atoms with Gasteiger partial charge in [-0.3, -0.25) is 4.79 Å². The van der Waals surface area contributed by atoms with E-state index in [9.17, 15) is 4.79 Å². The summed E-state index contributed by atoms with van der Waals surface area (Å²) in [5.74, 6) is 3.03. The molecule has 0 atom stereocenters. The number of amides is 1. The van der Waals surface area contributed by atoms with Gasteiger partial charge in [-0.2, -0.15) is 11.8 Å². The van der Waals surface area contributed by atoms with E-state index in [1.165, 1.54) is 0 Å². The van der Waals surface area contributed by atoms with Crippen LogP contribution in [0.2, 0.25) is 5.02 Å². The van der Waals surface area contributed by atoms with Crippen LogP contribution in [-0.2, 0) is 11.2 Å². The Bertz CT molecular complexity index is 763. The average molecular weight is 391 g/mol. The predicted molar refractivity (Wildman–Crippen MR) is 111 cm³/mol. The minimum Gasteiger partial charge on any atom is -0.497 e. The van der Waals surface area contributed by atoms with Gasteiger partial charge >= 0.3 is 0 Å². The molecule has 0 aliphatic carbocycles. The van der Waals surface area contributed by atoms with Gasteiger partial charge in [0.15, 0.2) is 0 Å². The van der Waals surface area contributed by atoms with Gasteiger partial charge in [-0.05, 0) is 42.3 Å². The van der Waals surface area contributed by atoms with E-state index in [1.807, 2.05) is 54.2 Å². The first kappa shape index (κ1) is 18.9. The van der Waals surface area contributed by atoms with Gasteiger partial charge in [0.2, 0.25) is 5.91 Å². The lowest BCUT2D eigenvalue weighted by molar-refractivity contribution is -0.116. The predicted octanol–water partition coefficient (Wildman–Crippen LogP) is 4.47. The third kappa shape index (κ3) is 5.08. The van der Waals surface area contributed by atoms with Crippen LogP contribution in [0.1, 0.15) is 12.0 Å². The number of nitrogens with zero attached hydrogens (tertiary/aromatic N) is 1. The van der Waals surface area contributed by atoms with Crippen molar-refractivity contribution in [2.75, 3.05) is 41.9 Å². The van der Waals surface area contributed by atoms with E-state index in [4.69, 9.17) is 16.3 Å².